The Morgan fingerprint density at radius 2 is 1.87 bits per heavy atom. The number of benzene rings is 2. The lowest BCUT2D eigenvalue weighted by Gasteiger charge is -2.21. The van der Waals surface area contributed by atoms with E-state index in [0.717, 1.165) is 45.6 Å². The molecule has 1 amide bonds. The maximum Gasteiger partial charge on any atom is 0.260 e. The van der Waals surface area contributed by atoms with Gasteiger partial charge in [-0.2, -0.15) is 0 Å². The largest absolute Gasteiger partial charge is 0.486 e. The van der Waals surface area contributed by atoms with Crippen LogP contribution in [0.3, 0.4) is 0 Å². The van der Waals surface area contributed by atoms with Crippen LogP contribution in [0.2, 0.25) is 0 Å². The van der Waals surface area contributed by atoms with Crippen LogP contribution in [-0.4, -0.2) is 51.3 Å². The zero-order valence-electron chi connectivity index (χ0n) is 17.9. The van der Waals surface area contributed by atoms with Crippen molar-refractivity contribution in [1.82, 2.24) is 4.98 Å². The van der Waals surface area contributed by atoms with E-state index < -0.39 is 0 Å². The van der Waals surface area contributed by atoms with Gasteiger partial charge in [0.2, 0.25) is 0 Å². The predicted octanol–water partition coefficient (Wildman–Crippen LogP) is 2.87. The first kappa shape index (κ1) is 20.6. The van der Waals surface area contributed by atoms with Gasteiger partial charge in [0.1, 0.15) is 13.2 Å². The SMILES string of the molecule is Cc1ccc(C(=O)N(CCC[NH+](C)C)c2nc3cc4c(cc3s2)OCCO4)c(C)c1. The number of amides is 1. The number of rotatable bonds is 6. The van der Waals surface area contributed by atoms with Gasteiger partial charge in [-0.3, -0.25) is 9.69 Å². The average molecular weight is 427 g/mol. The monoisotopic (exact) mass is 426 g/mol. The lowest BCUT2D eigenvalue weighted by Crippen LogP contribution is -3.05. The molecule has 2 aromatic carbocycles. The number of fused-ring (bicyclic) bond motifs is 2. The van der Waals surface area contributed by atoms with Gasteiger partial charge >= 0.3 is 0 Å². The number of quaternary nitrogens is 1. The summed E-state index contributed by atoms with van der Waals surface area (Å²) in [4.78, 5) is 21.5. The number of anilines is 1. The molecule has 0 bridgehead atoms. The van der Waals surface area contributed by atoms with Gasteiger partial charge in [-0.05, 0) is 25.5 Å². The molecule has 0 unspecified atom stereocenters. The van der Waals surface area contributed by atoms with Gasteiger partial charge in [-0.15, -0.1) is 0 Å². The molecule has 0 aliphatic carbocycles. The molecule has 1 aliphatic rings. The molecule has 3 aromatic rings. The Kier molecular flexibility index (Phi) is 5.92. The lowest BCUT2D eigenvalue weighted by atomic mass is 10.0. The molecule has 6 nitrogen and oxygen atoms in total. The van der Waals surface area contributed by atoms with Crippen molar-refractivity contribution in [3.05, 3.63) is 47.0 Å². The van der Waals surface area contributed by atoms with E-state index in [-0.39, 0.29) is 5.91 Å². The first-order chi connectivity index (χ1) is 14.4. The molecule has 0 saturated heterocycles. The Hall–Kier alpha value is -2.64. The normalized spacial score (nSPS) is 13.1. The molecule has 158 valence electrons. The number of carbonyl (C=O) groups excluding carboxylic acids is 1. The fourth-order valence-electron chi connectivity index (χ4n) is 3.64. The van der Waals surface area contributed by atoms with E-state index in [9.17, 15) is 4.79 Å². The molecule has 0 saturated carbocycles. The fraction of sp³-hybridized carbons (Fsp3) is 0.391. The molecule has 1 aliphatic heterocycles. The van der Waals surface area contributed by atoms with Gasteiger partial charge in [-0.1, -0.05) is 29.0 Å². The Balaban J connectivity index is 1.70. The highest BCUT2D eigenvalue weighted by molar-refractivity contribution is 7.22. The van der Waals surface area contributed by atoms with Gasteiger partial charge in [0, 0.05) is 30.7 Å². The summed E-state index contributed by atoms with van der Waals surface area (Å²) in [6.07, 6.45) is 0.900. The molecule has 1 N–H and O–H groups in total. The number of hydrogen-bond donors (Lipinski definition) is 1. The molecule has 0 radical (unpaired) electrons. The predicted molar refractivity (Wildman–Crippen MR) is 120 cm³/mol. The van der Waals surface area contributed by atoms with Crippen LogP contribution in [0.4, 0.5) is 5.13 Å². The molecule has 4 rings (SSSR count). The summed E-state index contributed by atoms with van der Waals surface area (Å²) in [7, 11) is 4.25. The molecule has 2 heterocycles. The fourth-order valence-corrected chi connectivity index (χ4v) is 4.64. The average Bonchev–Trinajstić information content (AvgIpc) is 3.11. The quantitative estimate of drug-likeness (QED) is 0.659. The lowest BCUT2D eigenvalue weighted by molar-refractivity contribution is -0.858. The van der Waals surface area contributed by atoms with E-state index in [1.165, 1.54) is 16.2 Å². The van der Waals surface area contributed by atoms with Crippen LogP contribution in [-0.2, 0) is 0 Å². The first-order valence-electron chi connectivity index (χ1n) is 10.3. The van der Waals surface area contributed by atoms with Crippen LogP contribution in [0.5, 0.6) is 11.5 Å². The molecule has 0 spiro atoms. The maximum atomic E-state index is 13.5. The number of thiazole rings is 1. The molecule has 1 aromatic heterocycles. The van der Waals surface area contributed by atoms with E-state index in [0.29, 0.717) is 30.6 Å². The topological polar surface area (TPSA) is 56.1 Å². The van der Waals surface area contributed by atoms with Crippen LogP contribution in [0.25, 0.3) is 10.2 Å². The van der Waals surface area contributed by atoms with Crippen LogP contribution in [0.1, 0.15) is 27.9 Å². The van der Waals surface area contributed by atoms with Gasteiger partial charge in [0.25, 0.3) is 5.91 Å². The minimum atomic E-state index is -0.00224. The summed E-state index contributed by atoms with van der Waals surface area (Å²) in [6, 6.07) is 9.84. The summed E-state index contributed by atoms with van der Waals surface area (Å²) >= 11 is 1.52. The zero-order valence-corrected chi connectivity index (χ0v) is 18.8. The Bertz CT molecular complexity index is 1030. The van der Waals surface area contributed by atoms with Gasteiger partial charge in [-0.25, -0.2) is 4.98 Å². The highest BCUT2D eigenvalue weighted by atomic mass is 32.1. The van der Waals surface area contributed by atoms with Crippen molar-refractivity contribution >= 4 is 32.6 Å². The second-order valence-electron chi connectivity index (χ2n) is 8.05. The van der Waals surface area contributed by atoms with E-state index in [2.05, 4.69) is 20.2 Å². The van der Waals surface area contributed by atoms with Gasteiger partial charge in [0.15, 0.2) is 16.6 Å². The van der Waals surface area contributed by atoms with Crippen molar-refractivity contribution < 1.29 is 19.2 Å². The van der Waals surface area contributed by atoms with Crippen LogP contribution < -0.4 is 19.3 Å². The second-order valence-corrected chi connectivity index (χ2v) is 9.05. The van der Waals surface area contributed by atoms with Crippen molar-refractivity contribution in [2.24, 2.45) is 0 Å². The number of carbonyl (C=O) groups is 1. The smallest absolute Gasteiger partial charge is 0.260 e. The van der Waals surface area contributed by atoms with Gasteiger partial charge in [0.05, 0.1) is 30.9 Å². The Morgan fingerprint density at radius 3 is 2.57 bits per heavy atom. The van der Waals surface area contributed by atoms with E-state index in [4.69, 9.17) is 14.5 Å². The molecule has 7 heteroatoms. The third kappa shape index (κ3) is 4.27. The molecular formula is C23H28N3O3S+. The number of hydrogen-bond acceptors (Lipinski definition) is 5. The second kappa shape index (κ2) is 8.62. The standard InChI is InChI=1S/C23H27N3O3S/c1-15-6-7-17(16(2)12-15)22(27)26(9-5-8-25(3)4)23-24-18-13-19-20(14-21(18)30-23)29-11-10-28-19/h6-7,12-14H,5,8-11H2,1-4H3/p+1. The Morgan fingerprint density at radius 1 is 1.13 bits per heavy atom. The van der Waals surface area contributed by atoms with E-state index in [1.807, 2.05) is 43.0 Å². The number of nitrogens with zero attached hydrogens (tertiary/aromatic N) is 2. The van der Waals surface area contributed by atoms with Crippen LogP contribution >= 0.6 is 11.3 Å². The van der Waals surface area contributed by atoms with Crippen LogP contribution in [0, 0.1) is 13.8 Å². The number of aromatic nitrogens is 1. The highest BCUT2D eigenvalue weighted by Crippen LogP contribution is 2.39. The Labute approximate surface area is 181 Å². The van der Waals surface area contributed by atoms with Gasteiger partial charge < -0.3 is 14.4 Å². The number of aryl methyl sites for hydroxylation is 2. The molecule has 30 heavy (non-hydrogen) atoms. The summed E-state index contributed by atoms with van der Waals surface area (Å²) in [5, 5.41) is 0.714. The van der Waals surface area contributed by atoms with E-state index in [1.54, 1.807) is 0 Å². The first-order valence-corrected chi connectivity index (χ1v) is 11.1. The summed E-state index contributed by atoms with van der Waals surface area (Å²) in [6.45, 7) is 6.73. The third-order valence-corrected chi connectivity index (χ3v) is 6.23. The zero-order chi connectivity index (χ0) is 21.3. The number of nitrogens with one attached hydrogen (secondary N) is 1. The van der Waals surface area contributed by atoms with Crippen molar-refractivity contribution in [2.45, 2.75) is 20.3 Å². The van der Waals surface area contributed by atoms with Crippen molar-refractivity contribution in [1.29, 1.82) is 0 Å². The highest BCUT2D eigenvalue weighted by Gasteiger charge is 2.24. The number of ether oxygens (including phenoxy) is 2. The summed E-state index contributed by atoms with van der Waals surface area (Å²) in [5.41, 5.74) is 3.69. The van der Waals surface area contributed by atoms with E-state index >= 15 is 0 Å². The van der Waals surface area contributed by atoms with Crippen molar-refractivity contribution in [2.75, 3.05) is 45.3 Å². The molecule has 0 fully saturated rings. The maximum absolute atomic E-state index is 13.5. The minimum absolute atomic E-state index is 0.00224. The van der Waals surface area contributed by atoms with Crippen molar-refractivity contribution in [3.63, 3.8) is 0 Å². The molecular weight excluding hydrogens is 398 g/mol. The third-order valence-electron chi connectivity index (χ3n) is 5.19. The van der Waals surface area contributed by atoms with Crippen LogP contribution in [0.15, 0.2) is 30.3 Å². The minimum Gasteiger partial charge on any atom is -0.486 e. The molecule has 0 atom stereocenters. The summed E-state index contributed by atoms with van der Waals surface area (Å²) < 4.78 is 12.4. The van der Waals surface area contributed by atoms with Crippen molar-refractivity contribution in [3.8, 4) is 11.5 Å². The summed E-state index contributed by atoms with van der Waals surface area (Å²) in [5.74, 6) is 1.46.